The Kier molecular flexibility index (Phi) is 6.60. The number of amides is 1. The fourth-order valence-electron chi connectivity index (χ4n) is 2.51. The molecule has 1 saturated heterocycles. The normalized spacial score (nSPS) is 17.3. The zero-order valence-electron chi connectivity index (χ0n) is 14.7. The van der Waals surface area contributed by atoms with Crippen molar-refractivity contribution in [2.24, 2.45) is 0 Å². The van der Waals surface area contributed by atoms with Gasteiger partial charge in [-0.3, -0.25) is 10.2 Å². The van der Waals surface area contributed by atoms with Gasteiger partial charge in [0, 0.05) is 25.3 Å². The van der Waals surface area contributed by atoms with Crippen LogP contribution in [-0.2, 0) is 9.47 Å². The Bertz CT molecular complexity index is 519. The highest BCUT2D eigenvalue weighted by molar-refractivity contribution is 5.84. The zero-order valence-corrected chi connectivity index (χ0v) is 14.7. The molecule has 0 spiro atoms. The summed E-state index contributed by atoms with van der Waals surface area (Å²) in [6.07, 6.45) is -0.315. The van der Waals surface area contributed by atoms with Gasteiger partial charge in [-0.15, -0.1) is 0 Å². The lowest BCUT2D eigenvalue weighted by atomic mass is 10.1. The summed E-state index contributed by atoms with van der Waals surface area (Å²) in [5.74, 6) is 0. The van der Waals surface area contributed by atoms with Crippen LogP contribution in [0.25, 0.3) is 0 Å². The maximum atomic E-state index is 11.7. The third-order valence-electron chi connectivity index (χ3n) is 3.76. The topological polar surface area (TPSA) is 71.0 Å². The molecule has 1 aromatic carbocycles. The Balaban J connectivity index is 1.80. The van der Waals surface area contributed by atoms with Gasteiger partial charge in [0.05, 0.1) is 19.3 Å². The molecule has 6 heteroatoms. The average molecular weight is 336 g/mol. The molecule has 1 aliphatic heterocycles. The second-order valence-corrected chi connectivity index (χ2v) is 7.01. The van der Waals surface area contributed by atoms with Crippen LogP contribution in [-0.4, -0.2) is 54.5 Å². The highest BCUT2D eigenvalue weighted by Crippen LogP contribution is 2.20. The number of nitrogens with zero attached hydrogens (tertiary/aromatic N) is 1. The van der Waals surface area contributed by atoms with E-state index >= 15 is 0 Å². The number of benzene rings is 1. The molecule has 0 bridgehead atoms. The van der Waals surface area contributed by atoms with Crippen LogP contribution < -0.4 is 5.32 Å². The summed E-state index contributed by atoms with van der Waals surface area (Å²) in [5.41, 5.74) is 0.964. The summed E-state index contributed by atoms with van der Waals surface area (Å²) in [6, 6.07) is 7.21. The minimum absolute atomic E-state index is 0.483. The molecule has 1 heterocycles. The third-order valence-corrected chi connectivity index (χ3v) is 3.76. The predicted molar refractivity (Wildman–Crippen MR) is 93.1 cm³/mol. The fraction of sp³-hybridized carbons (Fsp3) is 0.611. The predicted octanol–water partition coefficient (Wildman–Crippen LogP) is 2.79. The van der Waals surface area contributed by atoms with Crippen molar-refractivity contribution in [3.8, 4) is 0 Å². The van der Waals surface area contributed by atoms with Gasteiger partial charge in [-0.25, -0.2) is 4.79 Å². The number of ether oxygens (including phenoxy) is 2. The monoisotopic (exact) mass is 336 g/mol. The van der Waals surface area contributed by atoms with Crippen LogP contribution in [0.15, 0.2) is 24.3 Å². The van der Waals surface area contributed by atoms with Crippen molar-refractivity contribution < 1.29 is 19.4 Å². The number of carbonyl (C=O) groups is 1. The van der Waals surface area contributed by atoms with Crippen molar-refractivity contribution in [3.63, 3.8) is 0 Å². The van der Waals surface area contributed by atoms with Crippen LogP contribution in [0.2, 0.25) is 0 Å². The molecular weight excluding hydrogens is 308 g/mol. The lowest BCUT2D eigenvalue weighted by molar-refractivity contribution is 0.0300. The van der Waals surface area contributed by atoms with Crippen molar-refractivity contribution in [2.75, 3.05) is 38.2 Å². The SMILES string of the molecule is CC(C)(C)OC(=O)Nc1ccc(C(O)CCN2CCOCC2)cc1. The molecule has 1 unspecified atom stereocenters. The van der Waals surface area contributed by atoms with Gasteiger partial charge in [0.15, 0.2) is 0 Å². The van der Waals surface area contributed by atoms with E-state index in [9.17, 15) is 9.90 Å². The van der Waals surface area contributed by atoms with Crippen LogP contribution in [0.3, 0.4) is 0 Å². The van der Waals surface area contributed by atoms with Crippen molar-refractivity contribution >= 4 is 11.8 Å². The van der Waals surface area contributed by atoms with E-state index in [-0.39, 0.29) is 0 Å². The minimum Gasteiger partial charge on any atom is -0.444 e. The molecule has 24 heavy (non-hydrogen) atoms. The van der Waals surface area contributed by atoms with Gasteiger partial charge in [-0.05, 0) is 44.9 Å². The molecule has 1 aliphatic rings. The lowest BCUT2D eigenvalue weighted by Gasteiger charge is -2.27. The summed E-state index contributed by atoms with van der Waals surface area (Å²) >= 11 is 0. The van der Waals surface area contributed by atoms with Gasteiger partial charge in [0.1, 0.15) is 5.60 Å². The molecule has 0 saturated carbocycles. The van der Waals surface area contributed by atoms with Crippen molar-refractivity contribution in [2.45, 2.75) is 38.9 Å². The molecule has 0 aromatic heterocycles. The number of hydrogen-bond donors (Lipinski definition) is 2. The Labute approximate surface area is 143 Å². The van der Waals surface area contributed by atoms with Crippen molar-refractivity contribution in [1.29, 1.82) is 0 Å². The first-order valence-electron chi connectivity index (χ1n) is 8.41. The number of anilines is 1. The summed E-state index contributed by atoms with van der Waals surface area (Å²) in [4.78, 5) is 14.0. The molecule has 1 amide bonds. The molecule has 1 fully saturated rings. The van der Waals surface area contributed by atoms with E-state index in [1.807, 2.05) is 32.9 Å². The Morgan fingerprint density at radius 3 is 2.50 bits per heavy atom. The third kappa shape index (κ3) is 6.47. The Morgan fingerprint density at radius 2 is 1.92 bits per heavy atom. The summed E-state index contributed by atoms with van der Waals surface area (Å²) in [6.45, 7) is 9.68. The number of rotatable bonds is 5. The highest BCUT2D eigenvalue weighted by Gasteiger charge is 2.17. The van der Waals surface area contributed by atoms with Gasteiger partial charge in [0.2, 0.25) is 0 Å². The van der Waals surface area contributed by atoms with Gasteiger partial charge >= 0.3 is 6.09 Å². The Hall–Kier alpha value is -1.63. The summed E-state index contributed by atoms with van der Waals surface area (Å²) in [5, 5.41) is 13.0. The van der Waals surface area contributed by atoms with E-state index in [1.54, 1.807) is 12.1 Å². The van der Waals surface area contributed by atoms with Crippen molar-refractivity contribution in [1.82, 2.24) is 4.90 Å². The number of aliphatic hydroxyl groups is 1. The van der Waals surface area contributed by atoms with Crippen LogP contribution in [0, 0.1) is 0 Å². The second kappa shape index (κ2) is 8.46. The maximum absolute atomic E-state index is 11.7. The van der Waals surface area contributed by atoms with E-state index in [4.69, 9.17) is 9.47 Å². The van der Waals surface area contributed by atoms with Gasteiger partial charge < -0.3 is 14.6 Å². The standard InChI is InChI=1S/C18H28N2O4/c1-18(2,3)24-17(22)19-15-6-4-14(5-7-15)16(21)8-9-20-10-12-23-13-11-20/h4-7,16,21H,8-13H2,1-3H3,(H,19,22). The number of nitrogens with one attached hydrogen (secondary N) is 1. The quantitative estimate of drug-likeness (QED) is 0.865. The lowest BCUT2D eigenvalue weighted by Crippen LogP contribution is -2.37. The molecule has 2 N–H and O–H groups in total. The van der Waals surface area contributed by atoms with Crippen molar-refractivity contribution in [3.05, 3.63) is 29.8 Å². The zero-order chi connectivity index (χ0) is 17.6. The molecular formula is C18H28N2O4. The minimum atomic E-state index is -0.528. The molecule has 0 radical (unpaired) electrons. The summed E-state index contributed by atoms with van der Waals surface area (Å²) in [7, 11) is 0. The first-order chi connectivity index (χ1) is 11.3. The van der Waals surface area contributed by atoms with Crippen LogP contribution in [0.1, 0.15) is 38.9 Å². The van der Waals surface area contributed by atoms with E-state index in [0.29, 0.717) is 12.1 Å². The molecule has 1 atom stereocenters. The number of carbonyl (C=O) groups excluding carboxylic acids is 1. The molecule has 0 aliphatic carbocycles. The highest BCUT2D eigenvalue weighted by atomic mass is 16.6. The van der Waals surface area contributed by atoms with Crippen LogP contribution in [0.4, 0.5) is 10.5 Å². The number of aliphatic hydroxyl groups excluding tert-OH is 1. The second-order valence-electron chi connectivity index (χ2n) is 7.01. The molecule has 6 nitrogen and oxygen atoms in total. The maximum Gasteiger partial charge on any atom is 0.412 e. The van der Waals surface area contributed by atoms with E-state index < -0.39 is 17.8 Å². The van der Waals surface area contributed by atoms with Gasteiger partial charge in [0.25, 0.3) is 0 Å². The van der Waals surface area contributed by atoms with E-state index in [2.05, 4.69) is 10.2 Å². The molecule has 2 rings (SSSR count). The number of hydrogen-bond acceptors (Lipinski definition) is 5. The van der Waals surface area contributed by atoms with Crippen LogP contribution in [0.5, 0.6) is 0 Å². The first-order valence-corrected chi connectivity index (χ1v) is 8.41. The smallest absolute Gasteiger partial charge is 0.412 e. The first kappa shape index (κ1) is 18.7. The summed E-state index contributed by atoms with van der Waals surface area (Å²) < 4.78 is 10.5. The molecule has 134 valence electrons. The Morgan fingerprint density at radius 1 is 1.29 bits per heavy atom. The molecule has 1 aromatic rings. The largest absolute Gasteiger partial charge is 0.444 e. The van der Waals surface area contributed by atoms with E-state index in [0.717, 1.165) is 38.4 Å². The average Bonchev–Trinajstić information content (AvgIpc) is 2.52. The van der Waals surface area contributed by atoms with Gasteiger partial charge in [-0.1, -0.05) is 12.1 Å². The number of morpholine rings is 1. The van der Waals surface area contributed by atoms with Crippen LogP contribution >= 0.6 is 0 Å². The van der Waals surface area contributed by atoms with Gasteiger partial charge in [-0.2, -0.15) is 0 Å². The van der Waals surface area contributed by atoms with E-state index in [1.165, 1.54) is 0 Å². The fourth-order valence-corrected chi connectivity index (χ4v) is 2.51.